The molecule has 24 heavy (non-hydrogen) atoms. The summed E-state index contributed by atoms with van der Waals surface area (Å²) < 4.78 is 37.4. The van der Waals surface area contributed by atoms with Crippen LogP contribution in [0.25, 0.3) is 0 Å². The zero-order valence-corrected chi connectivity index (χ0v) is 13.5. The number of carbonyl (C=O) groups is 2. The van der Waals surface area contributed by atoms with E-state index in [1.54, 1.807) is 11.8 Å². The predicted molar refractivity (Wildman–Crippen MR) is 84.1 cm³/mol. The number of nitrogens with one attached hydrogen (secondary N) is 1. The monoisotopic (exact) mass is 359 g/mol. The molecule has 1 N–H and O–H groups in total. The second-order valence-electron chi connectivity index (χ2n) is 5.08. The molecule has 1 aliphatic heterocycles. The first kappa shape index (κ1) is 18.3. The number of carbonyl (C=O) groups excluding carboxylic acids is 2. The van der Waals surface area contributed by atoms with Crippen molar-refractivity contribution in [3.8, 4) is 0 Å². The smallest absolute Gasteiger partial charge is 0.349 e. The first-order valence-corrected chi connectivity index (χ1v) is 8.29. The Balaban J connectivity index is 1.96. The van der Waals surface area contributed by atoms with Gasteiger partial charge in [0.2, 0.25) is 11.8 Å². The molecular weight excluding hydrogens is 343 g/mol. The number of amides is 2. The number of halogens is 3. The molecule has 2 amide bonds. The van der Waals surface area contributed by atoms with Gasteiger partial charge in [0, 0.05) is 24.2 Å². The van der Waals surface area contributed by atoms with Crippen LogP contribution in [0.5, 0.6) is 0 Å². The molecule has 1 aromatic rings. The summed E-state index contributed by atoms with van der Waals surface area (Å²) in [6.45, 7) is 3.86. The van der Waals surface area contributed by atoms with Gasteiger partial charge in [-0.05, 0) is 18.2 Å². The number of alkyl halides is 3. The van der Waals surface area contributed by atoms with E-state index in [4.69, 9.17) is 0 Å². The van der Waals surface area contributed by atoms with Crippen LogP contribution >= 0.6 is 11.8 Å². The molecule has 9 heteroatoms. The van der Waals surface area contributed by atoms with Crippen molar-refractivity contribution < 1.29 is 22.8 Å². The maximum Gasteiger partial charge on any atom is 0.417 e. The maximum absolute atomic E-state index is 12.5. The third kappa shape index (κ3) is 4.50. The first-order chi connectivity index (χ1) is 11.3. The molecule has 1 atom stereocenters. The highest BCUT2D eigenvalue weighted by Gasteiger charge is 2.32. The molecule has 1 aliphatic rings. The lowest BCUT2D eigenvalue weighted by atomic mass is 10.2. The van der Waals surface area contributed by atoms with Crippen LogP contribution in [0, 0.1) is 0 Å². The van der Waals surface area contributed by atoms with Gasteiger partial charge in [-0.3, -0.25) is 14.6 Å². The van der Waals surface area contributed by atoms with Crippen LogP contribution in [0.3, 0.4) is 0 Å². The van der Waals surface area contributed by atoms with E-state index in [0.717, 1.165) is 24.1 Å². The molecule has 0 aliphatic carbocycles. The van der Waals surface area contributed by atoms with Gasteiger partial charge in [-0.2, -0.15) is 24.9 Å². The highest BCUT2D eigenvalue weighted by molar-refractivity contribution is 7.99. The topological polar surface area (TPSA) is 62.3 Å². The Labute approximate surface area is 141 Å². The fourth-order valence-corrected chi connectivity index (χ4v) is 3.24. The van der Waals surface area contributed by atoms with Crippen molar-refractivity contribution in [2.75, 3.05) is 18.1 Å². The van der Waals surface area contributed by atoms with Crippen molar-refractivity contribution in [1.82, 2.24) is 15.2 Å². The number of thioether (sulfide) groups is 1. The van der Waals surface area contributed by atoms with E-state index in [9.17, 15) is 22.8 Å². The molecule has 1 saturated heterocycles. The first-order valence-electron chi connectivity index (χ1n) is 7.13. The molecule has 1 unspecified atom stereocenters. The second kappa shape index (κ2) is 7.69. The van der Waals surface area contributed by atoms with Crippen LogP contribution in [-0.2, 0) is 22.3 Å². The van der Waals surface area contributed by atoms with Crippen molar-refractivity contribution in [1.29, 1.82) is 0 Å². The predicted octanol–water partition coefficient (Wildman–Crippen LogP) is 1.85. The van der Waals surface area contributed by atoms with Gasteiger partial charge in [0.1, 0.15) is 6.04 Å². The zero-order chi connectivity index (χ0) is 17.7. The molecule has 5 nitrogen and oxygen atoms in total. The molecule has 0 radical (unpaired) electrons. The number of hydrogen-bond acceptors (Lipinski definition) is 4. The summed E-state index contributed by atoms with van der Waals surface area (Å²) in [5.41, 5.74) is -0.537. The van der Waals surface area contributed by atoms with Gasteiger partial charge < -0.3 is 10.2 Å². The third-order valence-electron chi connectivity index (χ3n) is 3.48. The van der Waals surface area contributed by atoms with Crippen LogP contribution < -0.4 is 5.32 Å². The summed E-state index contributed by atoms with van der Waals surface area (Å²) in [6.07, 6.45) is -2.56. The Hall–Kier alpha value is -2.03. The van der Waals surface area contributed by atoms with Crippen LogP contribution in [0.4, 0.5) is 13.2 Å². The molecule has 130 valence electrons. The van der Waals surface area contributed by atoms with Gasteiger partial charge in [0.15, 0.2) is 0 Å². The lowest BCUT2D eigenvalue weighted by molar-refractivity contribution is -0.137. The third-order valence-corrected chi connectivity index (χ3v) is 4.51. The van der Waals surface area contributed by atoms with Crippen LogP contribution in [0.2, 0.25) is 0 Å². The van der Waals surface area contributed by atoms with E-state index in [1.807, 2.05) is 0 Å². The largest absolute Gasteiger partial charge is 0.417 e. The number of pyridine rings is 1. The van der Waals surface area contributed by atoms with E-state index in [2.05, 4.69) is 16.9 Å². The number of rotatable bonds is 4. The average Bonchev–Trinajstić information content (AvgIpc) is 2.58. The molecule has 0 spiro atoms. The molecular formula is C15H16F3N3O2S. The standard InChI is InChI=1S/C15H16F3N3O2S/c1-2-13(22)21-5-6-24-9-12(21)14(23)20-8-11-4-3-10(7-19-11)15(16,17)18/h2-4,7,12H,1,5-6,8-9H2,(H,20,23). The summed E-state index contributed by atoms with van der Waals surface area (Å²) in [5, 5.41) is 2.61. The highest BCUT2D eigenvalue weighted by Crippen LogP contribution is 2.28. The molecule has 0 saturated carbocycles. The molecule has 2 heterocycles. The van der Waals surface area contributed by atoms with Gasteiger partial charge >= 0.3 is 6.18 Å². The lowest BCUT2D eigenvalue weighted by Crippen LogP contribution is -2.53. The van der Waals surface area contributed by atoms with E-state index in [1.165, 1.54) is 11.0 Å². The van der Waals surface area contributed by atoms with Crippen LogP contribution in [0.1, 0.15) is 11.3 Å². The minimum atomic E-state index is -4.44. The van der Waals surface area contributed by atoms with Crippen molar-refractivity contribution in [2.45, 2.75) is 18.8 Å². The van der Waals surface area contributed by atoms with Crippen molar-refractivity contribution in [2.24, 2.45) is 0 Å². The fraction of sp³-hybridized carbons (Fsp3) is 0.400. The van der Waals surface area contributed by atoms with Gasteiger partial charge in [-0.1, -0.05) is 6.58 Å². The minimum absolute atomic E-state index is 0.00570. The Bertz CT molecular complexity index is 619. The zero-order valence-electron chi connectivity index (χ0n) is 12.7. The quantitative estimate of drug-likeness (QED) is 0.834. The summed E-state index contributed by atoms with van der Waals surface area (Å²) in [7, 11) is 0. The molecule has 1 fully saturated rings. The number of hydrogen-bond donors (Lipinski definition) is 1. The molecule has 0 aromatic carbocycles. The summed E-state index contributed by atoms with van der Waals surface area (Å²) >= 11 is 1.56. The average molecular weight is 359 g/mol. The summed E-state index contributed by atoms with van der Waals surface area (Å²) in [6, 6.07) is 1.51. The van der Waals surface area contributed by atoms with Crippen LogP contribution in [0.15, 0.2) is 31.0 Å². The summed E-state index contributed by atoms with van der Waals surface area (Å²) in [4.78, 5) is 29.2. The number of nitrogens with zero attached hydrogens (tertiary/aromatic N) is 2. The SMILES string of the molecule is C=CC(=O)N1CCSCC1C(=O)NCc1ccc(C(F)(F)F)cn1. The van der Waals surface area contributed by atoms with Crippen LogP contribution in [-0.4, -0.2) is 45.8 Å². The highest BCUT2D eigenvalue weighted by atomic mass is 32.2. The normalized spacial score (nSPS) is 18.1. The van der Waals surface area contributed by atoms with Crippen molar-refractivity contribution in [3.63, 3.8) is 0 Å². The molecule has 0 bridgehead atoms. The van der Waals surface area contributed by atoms with Crippen molar-refractivity contribution >= 4 is 23.6 Å². The molecule has 1 aromatic heterocycles. The van der Waals surface area contributed by atoms with Gasteiger partial charge in [-0.15, -0.1) is 0 Å². The Kier molecular flexibility index (Phi) is 5.87. The lowest BCUT2D eigenvalue weighted by Gasteiger charge is -2.33. The Morgan fingerprint density at radius 2 is 2.21 bits per heavy atom. The van der Waals surface area contributed by atoms with Crippen molar-refractivity contribution in [3.05, 3.63) is 42.2 Å². The second-order valence-corrected chi connectivity index (χ2v) is 6.23. The Morgan fingerprint density at radius 1 is 1.46 bits per heavy atom. The van der Waals surface area contributed by atoms with Gasteiger partial charge in [-0.25, -0.2) is 0 Å². The fourth-order valence-electron chi connectivity index (χ4n) is 2.19. The maximum atomic E-state index is 12.5. The van der Waals surface area contributed by atoms with Gasteiger partial charge in [0.05, 0.1) is 17.8 Å². The van der Waals surface area contributed by atoms with E-state index < -0.39 is 17.8 Å². The van der Waals surface area contributed by atoms with E-state index >= 15 is 0 Å². The number of aromatic nitrogens is 1. The molecule has 2 rings (SSSR count). The summed E-state index contributed by atoms with van der Waals surface area (Å²) in [5.74, 6) is 0.526. The van der Waals surface area contributed by atoms with E-state index in [0.29, 0.717) is 18.0 Å². The Morgan fingerprint density at radius 3 is 2.79 bits per heavy atom. The van der Waals surface area contributed by atoms with Gasteiger partial charge in [0.25, 0.3) is 0 Å². The van der Waals surface area contributed by atoms with E-state index in [-0.39, 0.29) is 18.4 Å². The minimum Gasteiger partial charge on any atom is -0.349 e.